The smallest absolute Gasteiger partial charge is 0.235 e. The van der Waals surface area contributed by atoms with Crippen LogP contribution < -0.4 is 21.3 Å². The van der Waals surface area contributed by atoms with Crippen molar-refractivity contribution in [2.24, 2.45) is 5.41 Å². The number of carbonyl (C=O) groups is 2. The number of benzene rings is 2. The standard InChI is InChI=1S/C40H51FN8O3/c1-4-35-32(36(46-30-11-17-52-18-12-30)33-23-45-49(5-2)37(33)47-35)22-44-39(51)40(13-14-40)38(50)43-21-27-9-10-34(41)31(20-27)29-8-6-7-28(19-29)25-48-16-15-42-26(3)24-48/h6-10,19-20,23,26,30,42H,4-5,11-18,21-22,24-25H2,1-3H3,(H,43,50)(H,44,51)(H,46,47)/t26-/m0/s1. The molecule has 2 aromatic carbocycles. The van der Waals surface area contributed by atoms with Gasteiger partial charge < -0.3 is 26.0 Å². The summed E-state index contributed by atoms with van der Waals surface area (Å²) in [4.78, 5) is 34.7. The first kappa shape index (κ1) is 36.0. The topological polar surface area (TPSA) is 125 Å². The van der Waals surface area contributed by atoms with Gasteiger partial charge in [0.05, 0.1) is 17.3 Å². The zero-order chi connectivity index (χ0) is 36.2. The van der Waals surface area contributed by atoms with E-state index in [-0.39, 0.29) is 36.8 Å². The fraction of sp³-hybridized carbons (Fsp3) is 0.500. The van der Waals surface area contributed by atoms with Gasteiger partial charge in [-0.2, -0.15) is 5.10 Å². The lowest BCUT2D eigenvalue weighted by Gasteiger charge is -2.31. The van der Waals surface area contributed by atoms with Crippen LogP contribution in [0.2, 0.25) is 0 Å². The molecule has 11 nitrogen and oxygen atoms in total. The van der Waals surface area contributed by atoms with E-state index in [4.69, 9.17) is 9.72 Å². The van der Waals surface area contributed by atoms with Gasteiger partial charge in [0, 0.05) is 87.9 Å². The molecule has 0 unspecified atom stereocenters. The number of hydrogen-bond donors (Lipinski definition) is 4. The van der Waals surface area contributed by atoms with Crippen LogP contribution >= 0.6 is 0 Å². The van der Waals surface area contributed by atoms with Gasteiger partial charge in [0.15, 0.2) is 5.65 Å². The number of fused-ring (bicyclic) bond motifs is 1. The van der Waals surface area contributed by atoms with Crippen LogP contribution in [0.4, 0.5) is 10.1 Å². The van der Waals surface area contributed by atoms with Crippen LogP contribution in [-0.2, 0) is 46.9 Å². The fourth-order valence-corrected chi connectivity index (χ4v) is 7.63. The summed E-state index contributed by atoms with van der Waals surface area (Å²) < 4.78 is 22.7. The van der Waals surface area contributed by atoms with Gasteiger partial charge >= 0.3 is 0 Å². The molecule has 7 rings (SSSR count). The minimum Gasteiger partial charge on any atom is -0.381 e. The Morgan fingerprint density at radius 1 is 1.04 bits per heavy atom. The van der Waals surface area contributed by atoms with Crippen LogP contribution in [0, 0.1) is 11.2 Å². The number of anilines is 1. The van der Waals surface area contributed by atoms with E-state index in [2.05, 4.69) is 57.2 Å². The third-order valence-electron chi connectivity index (χ3n) is 10.8. The number of halogens is 1. The second-order valence-electron chi connectivity index (χ2n) is 14.5. The van der Waals surface area contributed by atoms with Crippen LogP contribution in [0.1, 0.15) is 68.8 Å². The number of ether oxygens (including phenoxy) is 1. The highest BCUT2D eigenvalue weighted by atomic mass is 19.1. The normalized spacial score (nSPS) is 19.0. The molecule has 3 aliphatic rings. The highest BCUT2D eigenvalue weighted by Crippen LogP contribution is 2.46. The van der Waals surface area contributed by atoms with Gasteiger partial charge in [0.1, 0.15) is 11.2 Å². The molecule has 4 aromatic rings. The first-order chi connectivity index (χ1) is 25.3. The van der Waals surface area contributed by atoms with Gasteiger partial charge in [-0.15, -0.1) is 0 Å². The molecule has 0 bridgehead atoms. The number of hydrogen-bond acceptors (Lipinski definition) is 8. The third kappa shape index (κ3) is 7.69. The number of nitrogens with zero attached hydrogens (tertiary/aromatic N) is 4. The number of piperazine rings is 1. The Morgan fingerprint density at radius 2 is 1.83 bits per heavy atom. The van der Waals surface area contributed by atoms with Gasteiger partial charge in [0.2, 0.25) is 11.8 Å². The molecule has 2 amide bonds. The molecule has 2 saturated heterocycles. The third-order valence-corrected chi connectivity index (χ3v) is 10.8. The number of aryl methyl sites for hydroxylation is 2. The Balaban J connectivity index is 1.02. The van der Waals surface area contributed by atoms with E-state index < -0.39 is 5.41 Å². The lowest BCUT2D eigenvalue weighted by molar-refractivity contribution is -0.137. The summed E-state index contributed by atoms with van der Waals surface area (Å²) in [6, 6.07) is 13.6. The Hall–Kier alpha value is -4.39. The van der Waals surface area contributed by atoms with Crippen molar-refractivity contribution in [1.82, 2.24) is 35.6 Å². The van der Waals surface area contributed by atoms with E-state index in [1.54, 1.807) is 12.1 Å². The largest absolute Gasteiger partial charge is 0.381 e. The second-order valence-corrected chi connectivity index (χ2v) is 14.5. The predicted molar refractivity (Wildman–Crippen MR) is 200 cm³/mol. The number of amides is 2. The lowest BCUT2D eigenvalue weighted by Crippen LogP contribution is -2.48. The molecule has 52 heavy (non-hydrogen) atoms. The molecule has 1 aliphatic carbocycles. The van der Waals surface area contributed by atoms with Crippen molar-refractivity contribution >= 4 is 28.5 Å². The van der Waals surface area contributed by atoms with Gasteiger partial charge in [-0.3, -0.25) is 14.5 Å². The Kier molecular flexibility index (Phi) is 10.9. The molecule has 2 aliphatic heterocycles. The van der Waals surface area contributed by atoms with Crippen LogP contribution in [0.25, 0.3) is 22.2 Å². The molecular formula is C40H51FN8O3. The maximum absolute atomic E-state index is 15.2. The second kappa shape index (κ2) is 15.7. The van der Waals surface area contributed by atoms with Crippen LogP contribution in [0.5, 0.6) is 0 Å². The van der Waals surface area contributed by atoms with Crippen LogP contribution in [-0.4, -0.2) is 76.4 Å². The van der Waals surface area contributed by atoms with E-state index in [0.717, 1.165) is 83.7 Å². The number of aromatic nitrogens is 3. The summed E-state index contributed by atoms with van der Waals surface area (Å²) >= 11 is 0. The zero-order valence-corrected chi connectivity index (χ0v) is 30.6. The highest BCUT2D eigenvalue weighted by molar-refractivity contribution is 6.08. The quantitative estimate of drug-likeness (QED) is 0.144. The van der Waals surface area contributed by atoms with Crippen molar-refractivity contribution in [1.29, 1.82) is 0 Å². The molecular weight excluding hydrogens is 659 g/mol. The molecule has 0 spiro atoms. The maximum Gasteiger partial charge on any atom is 0.235 e. The molecule has 12 heteroatoms. The van der Waals surface area contributed by atoms with E-state index in [1.807, 2.05) is 29.9 Å². The molecule has 1 atom stereocenters. The summed E-state index contributed by atoms with van der Waals surface area (Å²) in [7, 11) is 0. The summed E-state index contributed by atoms with van der Waals surface area (Å²) in [5.41, 5.74) is 5.66. The highest BCUT2D eigenvalue weighted by Gasteiger charge is 2.56. The molecule has 2 aromatic heterocycles. The van der Waals surface area contributed by atoms with Gasteiger partial charge in [0.25, 0.3) is 0 Å². The Bertz CT molecular complexity index is 1920. The van der Waals surface area contributed by atoms with Crippen molar-refractivity contribution in [3.8, 4) is 11.1 Å². The zero-order valence-electron chi connectivity index (χ0n) is 30.6. The molecule has 4 heterocycles. The van der Waals surface area contributed by atoms with Crippen molar-refractivity contribution in [2.75, 3.05) is 38.2 Å². The van der Waals surface area contributed by atoms with Crippen molar-refractivity contribution in [3.63, 3.8) is 0 Å². The summed E-state index contributed by atoms with van der Waals surface area (Å²) in [5.74, 6) is -0.908. The van der Waals surface area contributed by atoms with Crippen molar-refractivity contribution < 1.29 is 18.7 Å². The van der Waals surface area contributed by atoms with Crippen LogP contribution in [0.15, 0.2) is 48.7 Å². The number of nitrogens with one attached hydrogen (secondary N) is 4. The van der Waals surface area contributed by atoms with E-state index in [0.29, 0.717) is 50.6 Å². The molecule has 276 valence electrons. The first-order valence-corrected chi connectivity index (χ1v) is 18.9. The van der Waals surface area contributed by atoms with Crippen molar-refractivity contribution in [3.05, 3.63) is 76.9 Å². The Morgan fingerprint density at radius 3 is 2.56 bits per heavy atom. The molecule has 4 N–H and O–H groups in total. The first-order valence-electron chi connectivity index (χ1n) is 18.9. The molecule has 1 saturated carbocycles. The summed E-state index contributed by atoms with van der Waals surface area (Å²) in [6.45, 7) is 12.6. The van der Waals surface area contributed by atoms with Gasteiger partial charge in [-0.25, -0.2) is 14.1 Å². The van der Waals surface area contributed by atoms with E-state index in [9.17, 15) is 9.59 Å². The average Bonchev–Trinajstić information content (AvgIpc) is 3.88. The average molecular weight is 711 g/mol. The van der Waals surface area contributed by atoms with Crippen LogP contribution in [0.3, 0.4) is 0 Å². The minimum absolute atomic E-state index is 0.195. The predicted octanol–water partition coefficient (Wildman–Crippen LogP) is 4.92. The Labute approximate surface area is 305 Å². The van der Waals surface area contributed by atoms with E-state index in [1.165, 1.54) is 6.07 Å². The monoisotopic (exact) mass is 710 g/mol. The maximum atomic E-state index is 15.2. The number of pyridine rings is 1. The minimum atomic E-state index is -1.12. The lowest BCUT2D eigenvalue weighted by atomic mass is 9.99. The summed E-state index contributed by atoms with van der Waals surface area (Å²) in [5, 5.41) is 18.8. The van der Waals surface area contributed by atoms with Gasteiger partial charge in [-0.05, 0) is 80.8 Å². The van der Waals surface area contributed by atoms with Crippen molar-refractivity contribution in [2.45, 2.75) is 91.1 Å². The van der Waals surface area contributed by atoms with Gasteiger partial charge in [-0.1, -0.05) is 31.2 Å². The SMILES string of the molecule is CCc1nc2c(cnn2CC)c(NC2CCOCC2)c1CNC(=O)C1(C(=O)NCc2ccc(F)c(-c3cccc(CN4CCN[C@@H](C)C4)c3)c2)CC1. The van der Waals surface area contributed by atoms with E-state index >= 15 is 4.39 Å². The molecule has 3 fully saturated rings. The summed E-state index contributed by atoms with van der Waals surface area (Å²) in [6.07, 6.45) is 5.27. The number of rotatable bonds is 13. The number of carbonyl (C=O) groups excluding carboxylic acids is 2. The fourth-order valence-electron chi connectivity index (χ4n) is 7.63. The molecule has 0 radical (unpaired) electrons.